The summed E-state index contributed by atoms with van der Waals surface area (Å²) in [4.78, 5) is 24.5. The molecule has 0 spiro atoms. The second kappa shape index (κ2) is 8.53. The summed E-state index contributed by atoms with van der Waals surface area (Å²) in [5.41, 5.74) is 1.48. The lowest BCUT2D eigenvalue weighted by Gasteiger charge is -2.29. The molecule has 2 amide bonds. The van der Waals surface area contributed by atoms with Crippen molar-refractivity contribution in [2.45, 2.75) is 32.9 Å². The van der Waals surface area contributed by atoms with Gasteiger partial charge >= 0.3 is 12.0 Å². The van der Waals surface area contributed by atoms with Crippen molar-refractivity contribution >= 4 is 12.0 Å². The molecule has 2 rings (SSSR count). The van der Waals surface area contributed by atoms with Crippen LogP contribution in [0.4, 0.5) is 4.79 Å². The third-order valence-corrected chi connectivity index (χ3v) is 3.71. The first-order valence-corrected chi connectivity index (χ1v) is 8.14. The Bertz CT molecular complexity index is 669. The number of esters is 1. The number of urea groups is 1. The topological polar surface area (TPSA) is 85.9 Å². The molecule has 1 aromatic carbocycles. The molecule has 2 N–H and O–H groups in total. The fraction of sp³-hybridized carbons (Fsp3) is 0.444. The lowest BCUT2D eigenvalue weighted by Crippen LogP contribution is -2.45. The summed E-state index contributed by atoms with van der Waals surface area (Å²) in [5, 5.41) is 5.37. The molecule has 1 unspecified atom stereocenters. The van der Waals surface area contributed by atoms with Gasteiger partial charge < -0.3 is 24.8 Å². The number of allylic oxidation sites excluding steroid dienone is 1. The molecule has 1 aliphatic rings. The van der Waals surface area contributed by atoms with Gasteiger partial charge in [0.2, 0.25) is 0 Å². The fourth-order valence-corrected chi connectivity index (χ4v) is 2.60. The molecule has 0 fully saturated rings. The number of para-hydroxylation sites is 1. The Hall–Kier alpha value is -2.54. The zero-order valence-electron chi connectivity index (χ0n) is 14.9. The van der Waals surface area contributed by atoms with E-state index in [-0.39, 0.29) is 18.7 Å². The third-order valence-electron chi connectivity index (χ3n) is 3.71. The normalized spacial score (nSPS) is 17.2. The highest BCUT2D eigenvalue weighted by Crippen LogP contribution is 2.33. The van der Waals surface area contributed by atoms with E-state index in [1.54, 1.807) is 26.2 Å². The van der Waals surface area contributed by atoms with E-state index in [0.29, 0.717) is 29.2 Å². The first-order valence-electron chi connectivity index (χ1n) is 8.14. The summed E-state index contributed by atoms with van der Waals surface area (Å²) in [6.07, 6.45) is 0.0663. The van der Waals surface area contributed by atoms with E-state index in [9.17, 15) is 9.59 Å². The summed E-state index contributed by atoms with van der Waals surface area (Å²) in [7, 11) is 1.54. The van der Waals surface area contributed by atoms with E-state index in [2.05, 4.69) is 10.6 Å². The molecule has 1 atom stereocenters. The van der Waals surface area contributed by atoms with Gasteiger partial charge in [0.15, 0.2) is 0 Å². The molecule has 0 bridgehead atoms. The predicted octanol–water partition coefficient (Wildman–Crippen LogP) is 2.29. The van der Waals surface area contributed by atoms with E-state index in [1.807, 2.05) is 26.0 Å². The van der Waals surface area contributed by atoms with Crippen LogP contribution >= 0.6 is 0 Å². The van der Waals surface area contributed by atoms with Crippen molar-refractivity contribution in [3.05, 3.63) is 41.1 Å². The monoisotopic (exact) mass is 348 g/mol. The van der Waals surface area contributed by atoms with Crippen LogP contribution in [-0.4, -0.2) is 38.4 Å². The van der Waals surface area contributed by atoms with Gasteiger partial charge in [-0.3, -0.25) is 0 Å². The second-order valence-electron chi connectivity index (χ2n) is 5.87. The number of ether oxygens (including phenoxy) is 3. The highest BCUT2D eigenvalue weighted by atomic mass is 16.6. The van der Waals surface area contributed by atoms with Crippen LogP contribution in [0.2, 0.25) is 0 Å². The number of amides is 2. The molecule has 7 nitrogen and oxygen atoms in total. The maximum Gasteiger partial charge on any atom is 0.338 e. The highest BCUT2D eigenvalue weighted by Gasteiger charge is 2.33. The van der Waals surface area contributed by atoms with Gasteiger partial charge in [-0.05, 0) is 26.8 Å². The zero-order valence-corrected chi connectivity index (χ0v) is 14.9. The number of carbonyl (C=O) groups is 2. The lowest BCUT2D eigenvalue weighted by molar-refractivity contribution is -0.141. The van der Waals surface area contributed by atoms with E-state index in [4.69, 9.17) is 14.2 Å². The van der Waals surface area contributed by atoms with Crippen LogP contribution in [-0.2, 0) is 14.3 Å². The number of methoxy groups -OCH3 is 1. The summed E-state index contributed by atoms with van der Waals surface area (Å²) in [6.45, 7) is 5.94. The smallest absolute Gasteiger partial charge is 0.338 e. The number of nitrogens with one attached hydrogen (secondary N) is 2. The molecule has 0 aliphatic carbocycles. The molecule has 0 saturated heterocycles. The summed E-state index contributed by atoms with van der Waals surface area (Å²) < 4.78 is 16.0. The summed E-state index contributed by atoms with van der Waals surface area (Å²) in [5.74, 6) is 0.0733. The van der Waals surface area contributed by atoms with Gasteiger partial charge in [-0.2, -0.15) is 0 Å². The van der Waals surface area contributed by atoms with Crippen molar-refractivity contribution in [1.82, 2.24) is 10.6 Å². The molecular weight excluding hydrogens is 324 g/mol. The van der Waals surface area contributed by atoms with Crippen LogP contribution in [0.15, 0.2) is 35.5 Å². The molecule has 1 aromatic rings. The molecule has 0 radical (unpaired) electrons. The van der Waals surface area contributed by atoms with Crippen LogP contribution in [0.5, 0.6) is 5.75 Å². The van der Waals surface area contributed by atoms with Crippen LogP contribution in [0, 0.1) is 0 Å². The van der Waals surface area contributed by atoms with E-state index in [0.717, 1.165) is 0 Å². The molecular formula is C18H24N2O5. The number of carbonyl (C=O) groups excluding carboxylic acids is 2. The third kappa shape index (κ3) is 4.73. The molecule has 136 valence electrons. The molecule has 0 aromatic heterocycles. The van der Waals surface area contributed by atoms with Crippen molar-refractivity contribution in [3.8, 4) is 5.75 Å². The van der Waals surface area contributed by atoms with E-state index >= 15 is 0 Å². The quantitative estimate of drug-likeness (QED) is 0.583. The van der Waals surface area contributed by atoms with Crippen molar-refractivity contribution in [1.29, 1.82) is 0 Å². The van der Waals surface area contributed by atoms with Gasteiger partial charge in [0, 0.05) is 11.3 Å². The molecule has 1 heterocycles. The van der Waals surface area contributed by atoms with Crippen molar-refractivity contribution in [2.24, 2.45) is 0 Å². The lowest BCUT2D eigenvalue weighted by atomic mass is 9.95. The van der Waals surface area contributed by atoms with E-state index in [1.165, 1.54) is 0 Å². The first kappa shape index (κ1) is 18.8. The van der Waals surface area contributed by atoms with Crippen molar-refractivity contribution in [2.75, 3.05) is 20.3 Å². The van der Waals surface area contributed by atoms with Crippen LogP contribution in [0.1, 0.15) is 32.4 Å². The Morgan fingerprint density at radius 3 is 2.64 bits per heavy atom. The fourth-order valence-electron chi connectivity index (χ4n) is 2.60. The van der Waals surface area contributed by atoms with Gasteiger partial charge in [-0.15, -0.1) is 0 Å². The Kier molecular flexibility index (Phi) is 6.41. The van der Waals surface area contributed by atoms with Crippen molar-refractivity contribution < 1.29 is 23.8 Å². The SMILES string of the molecule is COc1ccccc1C1NC(=O)NC(C)=C1C(=O)OCCOC(C)C. The van der Waals surface area contributed by atoms with Crippen molar-refractivity contribution in [3.63, 3.8) is 0 Å². The van der Waals surface area contributed by atoms with Crippen LogP contribution in [0.3, 0.4) is 0 Å². The Labute approximate surface area is 147 Å². The minimum absolute atomic E-state index is 0.0663. The van der Waals surface area contributed by atoms with Crippen LogP contribution < -0.4 is 15.4 Å². The van der Waals surface area contributed by atoms with Gasteiger partial charge in [0.1, 0.15) is 12.4 Å². The molecule has 1 aliphatic heterocycles. The second-order valence-corrected chi connectivity index (χ2v) is 5.87. The first-order chi connectivity index (χ1) is 11.9. The molecule has 25 heavy (non-hydrogen) atoms. The number of benzene rings is 1. The standard InChI is InChI=1S/C18H24N2O5/c1-11(2)24-9-10-25-17(21)15-12(3)19-18(22)20-16(15)13-7-5-6-8-14(13)23-4/h5-8,11,16H,9-10H2,1-4H3,(H2,19,20,22). The Morgan fingerprint density at radius 2 is 1.96 bits per heavy atom. The van der Waals surface area contributed by atoms with Gasteiger partial charge in [0.05, 0.1) is 31.4 Å². The highest BCUT2D eigenvalue weighted by molar-refractivity contribution is 5.95. The Balaban J connectivity index is 2.23. The predicted molar refractivity (Wildman–Crippen MR) is 92.1 cm³/mol. The largest absolute Gasteiger partial charge is 0.496 e. The minimum atomic E-state index is -0.650. The Morgan fingerprint density at radius 1 is 1.24 bits per heavy atom. The maximum atomic E-state index is 12.6. The summed E-state index contributed by atoms with van der Waals surface area (Å²) in [6, 6.07) is 6.19. The average Bonchev–Trinajstić information content (AvgIpc) is 2.57. The average molecular weight is 348 g/mol. The number of rotatable bonds is 7. The van der Waals surface area contributed by atoms with E-state index < -0.39 is 12.0 Å². The molecule has 7 heteroatoms. The van der Waals surface area contributed by atoms with Gasteiger partial charge in [0.25, 0.3) is 0 Å². The summed E-state index contributed by atoms with van der Waals surface area (Å²) >= 11 is 0. The minimum Gasteiger partial charge on any atom is -0.496 e. The number of hydrogen-bond donors (Lipinski definition) is 2. The molecule has 0 saturated carbocycles. The van der Waals surface area contributed by atoms with Gasteiger partial charge in [-0.1, -0.05) is 18.2 Å². The number of hydrogen-bond acceptors (Lipinski definition) is 5. The van der Waals surface area contributed by atoms with Crippen LogP contribution in [0.25, 0.3) is 0 Å². The maximum absolute atomic E-state index is 12.6. The zero-order chi connectivity index (χ0) is 18.4. The van der Waals surface area contributed by atoms with Gasteiger partial charge in [-0.25, -0.2) is 9.59 Å².